The van der Waals surface area contributed by atoms with Crippen LogP contribution in [0.25, 0.3) is 0 Å². The number of ether oxygens (including phenoxy) is 1. The Hall–Kier alpha value is -1.80. The third kappa shape index (κ3) is 3.85. The Balaban J connectivity index is 2.29. The lowest BCUT2D eigenvalue weighted by atomic mass is 10.0. The van der Waals surface area contributed by atoms with E-state index >= 15 is 0 Å². The summed E-state index contributed by atoms with van der Waals surface area (Å²) in [5.41, 5.74) is 5.02. The first-order valence-corrected chi connectivity index (χ1v) is 7.53. The van der Waals surface area contributed by atoms with E-state index in [0.29, 0.717) is 5.92 Å². The Kier molecular flexibility index (Phi) is 5.03. The molecule has 0 radical (unpaired) electrons. The zero-order chi connectivity index (χ0) is 15.4. The highest BCUT2D eigenvalue weighted by atomic mass is 16.5. The molecule has 2 rings (SSSR count). The first-order chi connectivity index (χ1) is 10.0. The van der Waals surface area contributed by atoms with E-state index in [2.05, 4.69) is 63.3 Å². The van der Waals surface area contributed by atoms with Gasteiger partial charge in [-0.05, 0) is 67.3 Å². The van der Waals surface area contributed by atoms with Crippen LogP contribution in [0.3, 0.4) is 0 Å². The van der Waals surface area contributed by atoms with Gasteiger partial charge in [-0.25, -0.2) is 0 Å². The van der Waals surface area contributed by atoms with Crippen molar-refractivity contribution >= 4 is 0 Å². The SMILES string of the molecule is CNCc1ccc(Oc2cc(C)ccc2C(C)C)cc1C. The van der Waals surface area contributed by atoms with Gasteiger partial charge in [-0.2, -0.15) is 0 Å². The molecule has 0 aromatic heterocycles. The molecule has 2 aromatic carbocycles. The molecule has 0 amide bonds. The van der Waals surface area contributed by atoms with Crippen molar-refractivity contribution in [2.24, 2.45) is 0 Å². The second-order valence-corrected chi connectivity index (χ2v) is 5.92. The largest absolute Gasteiger partial charge is 0.457 e. The van der Waals surface area contributed by atoms with Gasteiger partial charge in [0.1, 0.15) is 11.5 Å². The molecule has 0 saturated heterocycles. The van der Waals surface area contributed by atoms with Gasteiger partial charge in [-0.15, -0.1) is 0 Å². The van der Waals surface area contributed by atoms with Crippen LogP contribution in [0, 0.1) is 13.8 Å². The van der Waals surface area contributed by atoms with Gasteiger partial charge < -0.3 is 10.1 Å². The first-order valence-electron chi connectivity index (χ1n) is 7.53. The standard InChI is InChI=1S/C19H25NO/c1-13(2)18-9-6-14(3)10-19(18)21-17-8-7-16(12-20-5)15(4)11-17/h6-11,13,20H,12H2,1-5H3. The maximum Gasteiger partial charge on any atom is 0.131 e. The minimum atomic E-state index is 0.449. The molecule has 2 nitrogen and oxygen atoms in total. The van der Waals surface area contributed by atoms with Crippen LogP contribution in [0.15, 0.2) is 36.4 Å². The maximum absolute atomic E-state index is 6.15. The molecule has 0 fully saturated rings. The van der Waals surface area contributed by atoms with Crippen molar-refractivity contribution in [3.8, 4) is 11.5 Å². The summed E-state index contributed by atoms with van der Waals surface area (Å²) in [6.45, 7) is 9.49. The van der Waals surface area contributed by atoms with E-state index in [-0.39, 0.29) is 0 Å². The Bertz CT molecular complexity index is 617. The van der Waals surface area contributed by atoms with Crippen LogP contribution in [-0.2, 0) is 6.54 Å². The third-order valence-corrected chi connectivity index (χ3v) is 3.70. The molecular formula is C19H25NO. The summed E-state index contributed by atoms with van der Waals surface area (Å²) in [7, 11) is 1.96. The second-order valence-electron chi connectivity index (χ2n) is 5.92. The topological polar surface area (TPSA) is 21.3 Å². The van der Waals surface area contributed by atoms with E-state index in [1.807, 2.05) is 13.1 Å². The lowest BCUT2D eigenvalue weighted by Gasteiger charge is -2.15. The normalized spacial score (nSPS) is 11.0. The first kappa shape index (κ1) is 15.6. The van der Waals surface area contributed by atoms with Crippen molar-refractivity contribution in [3.05, 3.63) is 58.7 Å². The number of rotatable bonds is 5. The zero-order valence-electron chi connectivity index (χ0n) is 13.7. The molecule has 0 unspecified atom stereocenters. The quantitative estimate of drug-likeness (QED) is 0.839. The molecule has 21 heavy (non-hydrogen) atoms. The number of nitrogens with one attached hydrogen (secondary N) is 1. The molecule has 0 aliphatic rings. The highest BCUT2D eigenvalue weighted by Crippen LogP contribution is 2.32. The molecule has 0 spiro atoms. The van der Waals surface area contributed by atoms with Crippen molar-refractivity contribution in [2.75, 3.05) is 7.05 Å². The Morgan fingerprint density at radius 2 is 1.81 bits per heavy atom. The van der Waals surface area contributed by atoms with Gasteiger partial charge >= 0.3 is 0 Å². The van der Waals surface area contributed by atoms with Gasteiger partial charge in [0, 0.05) is 6.54 Å². The van der Waals surface area contributed by atoms with E-state index in [9.17, 15) is 0 Å². The molecule has 0 saturated carbocycles. The summed E-state index contributed by atoms with van der Waals surface area (Å²) in [4.78, 5) is 0. The summed E-state index contributed by atoms with van der Waals surface area (Å²) in [5, 5.41) is 3.18. The van der Waals surface area contributed by atoms with Gasteiger partial charge in [-0.3, -0.25) is 0 Å². The van der Waals surface area contributed by atoms with E-state index in [4.69, 9.17) is 4.74 Å². The molecular weight excluding hydrogens is 258 g/mol. The fourth-order valence-corrected chi connectivity index (χ4v) is 2.45. The Morgan fingerprint density at radius 1 is 1.05 bits per heavy atom. The summed E-state index contributed by atoms with van der Waals surface area (Å²) < 4.78 is 6.15. The zero-order valence-corrected chi connectivity index (χ0v) is 13.7. The van der Waals surface area contributed by atoms with Crippen molar-refractivity contribution in [1.29, 1.82) is 0 Å². The fraction of sp³-hybridized carbons (Fsp3) is 0.368. The Morgan fingerprint density at radius 3 is 2.43 bits per heavy atom. The Labute approximate surface area is 128 Å². The predicted octanol–water partition coefficient (Wildman–Crippen LogP) is 4.94. The highest BCUT2D eigenvalue weighted by Gasteiger charge is 2.10. The molecule has 2 heteroatoms. The molecule has 1 N–H and O–H groups in total. The summed E-state index contributed by atoms with van der Waals surface area (Å²) in [6, 6.07) is 12.7. The van der Waals surface area contributed by atoms with Gasteiger partial charge in [0.05, 0.1) is 0 Å². The van der Waals surface area contributed by atoms with Gasteiger partial charge in [0.15, 0.2) is 0 Å². The van der Waals surface area contributed by atoms with E-state index in [0.717, 1.165) is 18.0 Å². The van der Waals surface area contributed by atoms with Gasteiger partial charge in [0.25, 0.3) is 0 Å². The fourth-order valence-electron chi connectivity index (χ4n) is 2.45. The summed E-state index contributed by atoms with van der Waals surface area (Å²) in [6.07, 6.45) is 0. The van der Waals surface area contributed by atoms with Crippen LogP contribution < -0.4 is 10.1 Å². The molecule has 0 aliphatic carbocycles. The molecule has 0 heterocycles. The molecule has 0 aliphatic heterocycles. The molecule has 0 atom stereocenters. The van der Waals surface area contributed by atoms with Crippen molar-refractivity contribution < 1.29 is 4.74 Å². The minimum Gasteiger partial charge on any atom is -0.457 e. The molecule has 2 aromatic rings. The van der Waals surface area contributed by atoms with Crippen molar-refractivity contribution in [2.45, 2.75) is 40.2 Å². The van der Waals surface area contributed by atoms with Crippen LogP contribution >= 0.6 is 0 Å². The monoisotopic (exact) mass is 283 g/mol. The van der Waals surface area contributed by atoms with Crippen LogP contribution in [-0.4, -0.2) is 7.05 Å². The highest BCUT2D eigenvalue weighted by molar-refractivity contribution is 5.43. The number of hydrogen-bond donors (Lipinski definition) is 1. The maximum atomic E-state index is 6.15. The number of benzene rings is 2. The summed E-state index contributed by atoms with van der Waals surface area (Å²) >= 11 is 0. The smallest absolute Gasteiger partial charge is 0.131 e. The van der Waals surface area contributed by atoms with E-state index < -0.39 is 0 Å². The van der Waals surface area contributed by atoms with Crippen molar-refractivity contribution in [1.82, 2.24) is 5.32 Å². The lowest BCUT2D eigenvalue weighted by molar-refractivity contribution is 0.472. The van der Waals surface area contributed by atoms with E-state index in [1.165, 1.54) is 22.3 Å². The average Bonchev–Trinajstić information content (AvgIpc) is 2.42. The number of hydrogen-bond acceptors (Lipinski definition) is 2. The van der Waals surface area contributed by atoms with Gasteiger partial charge in [0.2, 0.25) is 0 Å². The minimum absolute atomic E-state index is 0.449. The van der Waals surface area contributed by atoms with E-state index in [1.54, 1.807) is 0 Å². The summed E-state index contributed by atoms with van der Waals surface area (Å²) in [5.74, 6) is 2.32. The predicted molar refractivity (Wildman–Crippen MR) is 89.3 cm³/mol. The second kappa shape index (κ2) is 6.77. The number of aryl methyl sites for hydroxylation is 2. The van der Waals surface area contributed by atoms with Crippen molar-refractivity contribution in [3.63, 3.8) is 0 Å². The average molecular weight is 283 g/mol. The molecule has 0 bridgehead atoms. The third-order valence-electron chi connectivity index (χ3n) is 3.70. The van der Waals surface area contributed by atoms with Crippen LogP contribution in [0.1, 0.15) is 42.0 Å². The van der Waals surface area contributed by atoms with Crippen LogP contribution in [0.5, 0.6) is 11.5 Å². The van der Waals surface area contributed by atoms with Gasteiger partial charge in [-0.1, -0.05) is 32.0 Å². The van der Waals surface area contributed by atoms with Crippen LogP contribution in [0.4, 0.5) is 0 Å². The lowest BCUT2D eigenvalue weighted by Crippen LogP contribution is -2.06. The molecule has 112 valence electrons. The van der Waals surface area contributed by atoms with Crippen LogP contribution in [0.2, 0.25) is 0 Å².